The molecule has 1 heterocycles. The quantitative estimate of drug-likeness (QED) is 0.638. The summed E-state index contributed by atoms with van der Waals surface area (Å²) in [6, 6.07) is 10.2. The van der Waals surface area contributed by atoms with Gasteiger partial charge in [0.15, 0.2) is 4.34 Å². The number of thioether (sulfide) groups is 1. The molecule has 0 saturated heterocycles. The molecule has 1 aliphatic carbocycles. The van der Waals surface area contributed by atoms with Crippen LogP contribution >= 0.6 is 23.1 Å². The van der Waals surface area contributed by atoms with E-state index in [-0.39, 0.29) is 5.91 Å². The number of nitrogens with zero attached hydrogens (tertiary/aromatic N) is 3. The van der Waals surface area contributed by atoms with Crippen LogP contribution in [0.3, 0.4) is 0 Å². The molecule has 1 fully saturated rings. The molecular weight excluding hydrogens is 352 g/mol. The first-order valence-electron chi connectivity index (χ1n) is 8.76. The molecule has 1 amide bonds. The van der Waals surface area contributed by atoms with Crippen LogP contribution in [0.15, 0.2) is 34.7 Å². The largest absolute Gasteiger partial charge is 0.356 e. The Hall–Kier alpha value is -1.60. The SMILES string of the molecule is CCCN(CC1CC1)C(=O)CSc1nnc(NCc2ccccc2)s1. The summed E-state index contributed by atoms with van der Waals surface area (Å²) in [6.45, 7) is 4.63. The second kappa shape index (κ2) is 9.20. The van der Waals surface area contributed by atoms with Crippen molar-refractivity contribution in [2.24, 2.45) is 5.92 Å². The van der Waals surface area contributed by atoms with Gasteiger partial charge < -0.3 is 10.2 Å². The number of nitrogens with one attached hydrogen (secondary N) is 1. The van der Waals surface area contributed by atoms with Gasteiger partial charge in [0.2, 0.25) is 11.0 Å². The van der Waals surface area contributed by atoms with Gasteiger partial charge in [0.1, 0.15) is 0 Å². The molecule has 0 unspecified atom stereocenters. The Morgan fingerprint density at radius 1 is 1.32 bits per heavy atom. The predicted octanol–water partition coefficient (Wildman–Crippen LogP) is 3.89. The van der Waals surface area contributed by atoms with E-state index in [9.17, 15) is 4.79 Å². The molecule has 1 aromatic carbocycles. The molecule has 1 aromatic heterocycles. The molecule has 5 nitrogen and oxygen atoms in total. The lowest BCUT2D eigenvalue weighted by molar-refractivity contribution is -0.128. The van der Waals surface area contributed by atoms with E-state index in [2.05, 4.69) is 34.6 Å². The van der Waals surface area contributed by atoms with Crippen LogP contribution in [0.2, 0.25) is 0 Å². The molecule has 0 aliphatic heterocycles. The summed E-state index contributed by atoms with van der Waals surface area (Å²) in [5.41, 5.74) is 1.21. The molecule has 2 aromatic rings. The average molecular weight is 377 g/mol. The van der Waals surface area contributed by atoms with Crippen LogP contribution in [0.5, 0.6) is 0 Å². The van der Waals surface area contributed by atoms with E-state index >= 15 is 0 Å². The van der Waals surface area contributed by atoms with Crippen LogP contribution in [0.1, 0.15) is 31.7 Å². The lowest BCUT2D eigenvalue weighted by Crippen LogP contribution is -2.34. The van der Waals surface area contributed by atoms with Gasteiger partial charge in [0.25, 0.3) is 0 Å². The van der Waals surface area contributed by atoms with Crippen LogP contribution in [0.4, 0.5) is 5.13 Å². The molecule has 1 N–H and O–H groups in total. The van der Waals surface area contributed by atoms with E-state index in [0.717, 1.165) is 41.4 Å². The minimum atomic E-state index is 0.216. The van der Waals surface area contributed by atoms with Crippen molar-refractivity contribution in [3.8, 4) is 0 Å². The minimum absolute atomic E-state index is 0.216. The number of aromatic nitrogens is 2. The van der Waals surface area contributed by atoms with Crippen LogP contribution in [-0.2, 0) is 11.3 Å². The van der Waals surface area contributed by atoms with Crippen molar-refractivity contribution < 1.29 is 4.79 Å². The van der Waals surface area contributed by atoms with Crippen molar-refractivity contribution in [3.63, 3.8) is 0 Å². The van der Waals surface area contributed by atoms with Gasteiger partial charge in [0, 0.05) is 19.6 Å². The molecule has 0 spiro atoms. The van der Waals surface area contributed by atoms with Crippen LogP contribution in [-0.4, -0.2) is 39.8 Å². The Morgan fingerprint density at radius 3 is 2.84 bits per heavy atom. The summed E-state index contributed by atoms with van der Waals surface area (Å²) in [7, 11) is 0. The molecular formula is C18H24N4OS2. The third-order valence-electron chi connectivity index (χ3n) is 4.03. The van der Waals surface area contributed by atoms with Crippen LogP contribution in [0.25, 0.3) is 0 Å². The second-order valence-electron chi connectivity index (χ2n) is 6.28. The third-order valence-corrected chi connectivity index (χ3v) is 6.03. The normalized spacial score (nSPS) is 13.6. The van der Waals surface area contributed by atoms with Gasteiger partial charge in [-0.1, -0.05) is 60.4 Å². The zero-order valence-electron chi connectivity index (χ0n) is 14.5. The maximum atomic E-state index is 12.4. The molecule has 134 valence electrons. The summed E-state index contributed by atoms with van der Waals surface area (Å²) in [6.07, 6.45) is 3.55. The zero-order valence-corrected chi connectivity index (χ0v) is 16.1. The fourth-order valence-electron chi connectivity index (χ4n) is 2.53. The molecule has 1 aliphatic rings. The van der Waals surface area contributed by atoms with E-state index in [4.69, 9.17) is 0 Å². The summed E-state index contributed by atoms with van der Waals surface area (Å²) in [5.74, 6) is 1.39. The Kier molecular flexibility index (Phi) is 6.69. The van der Waals surface area contributed by atoms with Gasteiger partial charge in [-0.25, -0.2) is 0 Å². The molecule has 0 atom stereocenters. The molecule has 7 heteroatoms. The van der Waals surface area contributed by atoms with Gasteiger partial charge in [0.05, 0.1) is 5.75 Å². The summed E-state index contributed by atoms with van der Waals surface area (Å²) in [5, 5.41) is 12.4. The van der Waals surface area contributed by atoms with Crippen molar-refractivity contribution in [3.05, 3.63) is 35.9 Å². The maximum absolute atomic E-state index is 12.4. The van der Waals surface area contributed by atoms with E-state index in [1.165, 1.54) is 41.5 Å². The molecule has 25 heavy (non-hydrogen) atoms. The van der Waals surface area contributed by atoms with E-state index in [1.807, 2.05) is 23.1 Å². The molecule has 0 bridgehead atoms. The summed E-state index contributed by atoms with van der Waals surface area (Å²) >= 11 is 2.99. The van der Waals surface area contributed by atoms with E-state index in [1.54, 1.807) is 0 Å². The third kappa shape index (κ3) is 6.01. The molecule has 0 radical (unpaired) electrons. The smallest absolute Gasteiger partial charge is 0.233 e. The van der Waals surface area contributed by atoms with Crippen molar-refractivity contribution >= 4 is 34.1 Å². The Bertz CT molecular complexity index is 673. The van der Waals surface area contributed by atoms with Crippen molar-refractivity contribution in [1.82, 2.24) is 15.1 Å². The van der Waals surface area contributed by atoms with Gasteiger partial charge in [-0.2, -0.15) is 0 Å². The van der Waals surface area contributed by atoms with Gasteiger partial charge in [-0.15, -0.1) is 10.2 Å². The Morgan fingerprint density at radius 2 is 2.12 bits per heavy atom. The number of carbonyl (C=O) groups is 1. The van der Waals surface area contributed by atoms with Gasteiger partial charge in [-0.05, 0) is 30.7 Å². The highest BCUT2D eigenvalue weighted by atomic mass is 32.2. The van der Waals surface area contributed by atoms with Crippen molar-refractivity contribution in [1.29, 1.82) is 0 Å². The lowest BCUT2D eigenvalue weighted by Gasteiger charge is -2.21. The standard InChI is InChI=1S/C18H24N4OS2/c1-2-10-22(12-15-8-9-15)16(23)13-24-18-21-20-17(25-18)19-11-14-6-4-3-5-7-14/h3-7,15H,2,8-13H2,1H3,(H,19,20). The maximum Gasteiger partial charge on any atom is 0.233 e. The number of amides is 1. The second-order valence-corrected chi connectivity index (χ2v) is 8.48. The Labute approximate surface area is 157 Å². The number of benzene rings is 1. The molecule has 3 rings (SSSR count). The fourth-order valence-corrected chi connectivity index (χ4v) is 4.18. The number of anilines is 1. The summed E-state index contributed by atoms with van der Waals surface area (Å²) < 4.78 is 0.840. The lowest BCUT2D eigenvalue weighted by atomic mass is 10.2. The number of hydrogen-bond donors (Lipinski definition) is 1. The van der Waals surface area contributed by atoms with Crippen LogP contribution < -0.4 is 5.32 Å². The first-order chi connectivity index (χ1) is 12.2. The predicted molar refractivity (Wildman–Crippen MR) is 104 cm³/mol. The molecule has 1 saturated carbocycles. The highest BCUT2D eigenvalue weighted by molar-refractivity contribution is 8.01. The first-order valence-corrected chi connectivity index (χ1v) is 10.6. The van der Waals surface area contributed by atoms with Crippen LogP contribution in [0, 0.1) is 5.92 Å². The average Bonchev–Trinajstić information content (AvgIpc) is 3.34. The topological polar surface area (TPSA) is 58.1 Å². The van der Waals surface area contributed by atoms with Crippen molar-refractivity contribution in [2.75, 3.05) is 24.2 Å². The van der Waals surface area contributed by atoms with Crippen molar-refractivity contribution in [2.45, 2.75) is 37.1 Å². The van der Waals surface area contributed by atoms with Gasteiger partial charge in [-0.3, -0.25) is 4.79 Å². The monoisotopic (exact) mass is 376 g/mol. The zero-order chi connectivity index (χ0) is 17.5. The van der Waals surface area contributed by atoms with E-state index < -0.39 is 0 Å². The Balaban J connectivity index is 1.44. The first kappa shape index (κ1) is 18.2. The number of carbonyl (C=O) groups excluding carboxylic acids is 1. The highest BCUT2D eigenvalue weighted by Gasteiger charge is 2.26. The summed E-state index contributed by atoms with van der Waals surface area (Å²) in [4.78, 5) is 14.4. The minimum Gasteiger partial charge on any atom is -0.356 e. The number of hydrogen-bond acceptors (Lipinski definition) is 6. The number of rotatable bonds is 10. The van der Waals surface area contributed by atoms with Gasteiger partial charge >= 0.3 is 0 Å². The van der Waals surface area contributed by atoms with E-state index in [0.29, 0.717) is 5.75 Å². The highest BCUT2D eigenvalue weighted by Crippen LogP contribution is 2.30. The fraction of sp³-hybridized carbons (Fsp3) is 0.500.